The zero-order valence-electron chi connectivity index (χ0n) is 14.5. The van der Waals surface area contributed by atoms with Gasteiger partial charge in [-0.3, -0.25) is 0 Å². The minimum absolute atomic E-state index is 0.0389. The summed E-state index contributed by atoms with van der Waals surface area (Å²) in [7, 11) is 0. The van der Waals surface area contributed by atoms with Crippen molar-refractivity contribution in [2.45, 2.75) is 0 Å². The largest absolute Gasteiger partial charge is 0.471 e. The van der Waals surface area contributed by atoms with Crippen LogP contribution in [0.5, 0.6) is 5.75 Å². The Kier molecular flexibility index (Phi) is 4.47. The molecule has 4 rings (SSSR count). The van der Waals surface area contributed by atoms with Crippen molar-refractivity contribution >= 4 is 35.3 Å². The molecule has 0 spiro atoms. The molecule has 2 heterocycles. The molecule has 138 valence electrons. The number of halogens is 1. The van der Waals surface area contributed by atoms with E-state index < -0.39 is 5.69 Å². The van der Waals surface area contributed by atoms with Crippen molar-refractivity contribution in [3.05, 3.63) is 74.8 Å². The first-order chi connectivity index (χ1) is 13.6. The summed E-state index contributed by atoms with van der Waals surface area (Å²) in [6, 6.07) is 14.2. The Labute approximate surface area is 165 Å². The number of rotatable bonds is 3. The van der Waals surface area contributed by atoms with Crippen LogP contribution in [0.3, 0.4) is 0 Å². The highest BCUT2D eigenvalue weighted by atomic mass is 35.5. The molecule has 0 fully saturated rings. The highest BCUT2D eigenvalue weighted by Gasteiger charge is 2.15. The van der Waals surface area contributed by atoms with Crippen LogP contribution in [0.1, 0.15) is 16.8 Å². The van der Waals surface area contributed by atoms with Crippen molar-refractivity contribution < 1.29 is 4.74 Å². The van der Waals surface area contributed by atoms with Gasteiger partial charge in [0.25, 0.3) is 0 Å². The number of anilines is 2. The summed E-state index contributed by atoms with van der Waals surface area (Å²) < 4.78 is 6.71. The summed E-state index contributed by atoms with van der Waals surface area (Å²) in [5.41, 5.74) is 8.21. The molecule has 2 aromatic carbocycles. The molecule has 0 saturated carbocycles. The van der Waals surface area contributed by atoms with E-state index >= 15 is 0 Å². The summed E-state index contributed by atoms with van der Waals surface area (Å²) >= 11 is 5.91. The summed E-state index contributed by atoms with van der Waals surface area (Å²) in [6.45, 7) is 0.435. The minimum atomic E-state index is -0.634. The maximum absolute atomic E-state index is 12.4. The third-order valence-corrected chi connectivity index (χ3v) is 4.55. The molecule has 0 bridgehead atoms. The van der Waals surface area contributed by atoms with Gasteiger partial charge in [0.2, 0.25) is 0 Å². The van der Waals surface area contributed by atoms with E-state index in [4.69, 9.17) is 22.1 Å². The van der Waals surface area contributed by atoms with Gasteiger partial charge in [0, 0.05) is 5.02 Å². The van der Waals surface area contributed by atoms with Crippen LogP contribution in [0.2, 0.25) is 5.02 Å². The van der Waals surface area contributed by atoms with Crippen LogP contribution in [0.25, 0.3) is 17.8 Å². The van der Waals surface area contributed by atoms with Crippen molar-refractivity contribution in [1.29, 1.82) is 5.26 Å². The van der Waals surface area contributed by atoms with E-state index in [2.05, 4.69) is 10.3 Å². The SMILES string of the molecule is N#Cc1nc(=O)n(-c2ccc(Cl)cc2)c(N)c1C=Cc1ccc2c(c1)OCN2. The average Bonchev–Trinajstić information content (AvgIpc) is 3.16. The van der Waals surface area contributed by atoms with E-state index in [1.807, 2.05) is 24.3 Å². The molecule has 1 aromatic heterocycles. The van der Waals surface area contributed by atoms with Gasteiger partial charge < -0.3 is 15.8 Å². The first-order valence-electron chi connectivity index (χ1n) is 8.34. The van der Waals surface area contributed by atoms with Crippen molar-refractivity contribution in [2.24, 2.45) is 0 Å². The Morgan fingerprint density at radius 1 is 1.25 bits per heavy atom. The van der Waals surface area contributed by atoms with Crippen LogP contribution < -0.4 is 21.5 Å². The maximum atomic E-state index is 12.4. The second-order valence-corrected chi connectivity index (χ2v) is 6.46. The molecule has 3 N–H and O–H groups in total. The first kappa shape index (κ1) is 17.6. The van der Waals surface area contributed by atoms with Gasteiger partial charge in [-0.25, -0.2) is 9.36 Å². The fourth-order valence-corrected chi connectivity index (χ4v) is 3.05. The predicted octanol–water partition coefficient (Wildman–Crippen LogP) is 3.27. The van der Waals surface area contributed by atoms with Crippen LogP contribution in [-0.4, -0.2) is 16.3 Å². The molecular weight excluding hydrogens is 378 g/mol. The molecule has 0 atom stereocenters. The third kappa shape index (κ3) is 3.17. The van der Waals surface area contributed by atoms with Crippen LogP contribution in [0.4, 0.5) is 11.5 Å². The van der Waals surface area contributed by atoms with Gasteiger partial charge in [0.15, 0.2) is 12.4 Å². The van der Waals surface area contributed by atoms with Crippen molar-refractivity contribution in [3.63, 3.8) is 0 Å². The summed E-state index contributed by atoms with van der Waals surface area (Å²) in [5, 5.41) is 13.0. The van der Waals surface area contributed by atoms with Gasteiger partial charge in [-0.1, -0.05) is 23.7 Å². The lowest BCUT2D eigenvalue weighted by Gasteiger charge is -2.12. The van der Waals surface area contributed by atoms with Gasteiger partial charge in [0.1, 0.15) is 17.6 Å². The van der Waals surface area contributed by atoms with E-state index in [0.717, 1.165) is 17.0 Å². The quantitative estimate of drug-likeness (QED) is 0.709. The molecule has 0 amide bonds. The number of nitrogens with two attached hydrogens (primary N) is 1. The lowest BCUT2D eigenvalue weighted by molar-refractivity contribution is 0.372. The standard InChI is InChI=1S/C20H14ClN5O2/c21-13-3-5-14(6-4-13)26-19(23)15(17(10-22)25-20(26)27)7-1-12-2-8-16-18(9-12)28-11-24-16/h1-9,24H,11,23H2. The Bertz CT molecular complexity index is 1190. The zero-order chi connectivity index (χ0) is 19.7. The first-order valence-corrected chi connectivity index (χ1v) is 8.72. The molecule has 0 radical (unpaired) electrons. The molecular formula is C20H14ClN5O2. The molecule has 7 nitrogen and oxygen atoms in total. The van der Waals surface area contributed by atoms with Gasteiger partial charge in [-0.05, 0) is 48.0 Å². The number of nitrogens with one attached hydrogen (secondary N) is 1. The predicted molar refractivity (Wildman–Crippen MR) is 108 cm³/mol. The molecule has 0 unspecified atom stereocenters. The number of nitrogen functional groups attached to an aromatic ring is 1. The maximum Gasteiger partial charge on any atom is 0.355 e. The van der Waals surface area contributed by atoms with Gasteiger partial charge in [-0.2, -0.15) is 10.2 Å². The molecule has 1 aliphatic rings. The van der Waals surface area contributed by atoms with Crippen molar-refractivity contribution in [3.8, 4) is 17.5 Å². The summed E-state index contributed by atoms with van der Waals surface area (Å²) in [6.07, 6.45) is 3.45. The van der Waals surface area contributed by atoms with Crippen LogP contribution in [0, 0.1) is 11.3 Å². The van der Waals surface area contributed by atoms with E-state index in [9.17, 15) is 10.1 Å². The Hall–Kier alpha value is -3.76. The number of nitriles is 1. The molecule has 0 aliphatic carbocycles. The molecule has 0 saturated heterocycles. The van der Waals surface area contributed by atoms with E-state index in [1.54, 1.807) is 36.4 Å². The number of aromatic nitrogens is 2. The highest BCUT2D eigenvalue weighted by Crippen LogP contribution is 2.30. The Balaban J connectivity index is 1.80. The number of hydrogen-bond acceptors (Lipinski definition) is 6. The Morgan fingerprint density at radius 3 is 2.79 bits per heavy atom. The number of ether oxygens (including phenoxy) is 1. The smallest absolute Gasteiger partial charge is 0.355 e. The number of nitrogens with zero attached hydrogens (tertiary/aromatic N) is 3. The second kappa shape index (κ2) is 7.10. The highest BCUT2D eigenvalue weighted by molar-refractivity contribution is 6.30. The fraction of sp³-hybridized carbons (Fsp3) is 0.0500. The van der Waals surface area contributed by atoms with Gasteiger partial charge in [-0.15, -0.1) is 0 Å². The van der Waals surface area contributed by atoms with Crippen LogP contribution in [0.15, 0.2) is 47.3 Å². The summed E-state index contributed by atoms with van der Waals surface area (Å²) in [4.78, 5) is 16.3. The van der Waals surface area contributed by atoms with Gasteiger partial charge in [0.05, 0.1) is 16.9 Å². The van der Waals surface area contributed by atoms with Crippen LogP contribution >= 0.6 is 11.6 Å². The number of benzene rings is 2. The van der Waals surface area contributed by atoms with Gasteiger partial charge >= 0.3 is 5.69 Å². The van der Waals surface area contributed by atoms with Crippen molar-refractivity contribution in [1.82, 2.24) is 9.55 Å². The molecule has 28 heavy (non-hydrogen) atoms. The monoisotopic (exact) mass is 391 g/mol. The van der Waals surface area contributed by atoms with Crippen LogP contribution in [-0.2, 0) is 0 Å². The third-order valence-electron chi connectivity index (χ3n) is 4.30. The fourth-order valence-electron chi connectivity index (χ4n) is 2.92. The van der Waals surface area contributed by atoms with E-state index in [0.29, 0.717) is 23.0 Å². The van der Waals surface area contributed by atoms with Crippen molar-refractivity contribution in [2.75, 3.05) is 17.8 Å². The minimum Gasteiger partial charge on any atom is -0.471 e. The van der Waals surface area contributed by atoms with E-state index in [1.165, 1.54) is 4.57 Å². The topological polar surface area (TPSA) is 106 Å². The normalized spacial score (nSPS) is 12.3. The molecule has 8 heteroatoms. The lowest BCUT2D eigenvalue weighted by Crippen LogP contribution is -2.26. The summed E-state index contributed by atoms with van der Waals surface area (Å²) in [5.74, 6) is 0.870. The second-order valence-electron chi connectivity index (χ2n) is 6.02. The average molecular weight is 392 g/mol. The zero-order valence-corrected chi connectivity index (χ0v) is 15.3. The number of hydrogen-bond donors (Lipinski definition) is 2. The lowest BCUT2D eigenvalue weighted by atomic mass is 10.1. The van der Waals surface area contributed by atoms with E-state index in [-0.39, 0.29) is 11.5 Å². The number of fused-ring (bicyclic) bond motifs is 1. The molecule has 1 aliphatic heterocycles. The Morgan fingerprint density at radius 2 is 2.04 bits per heavy atom. The molecule has 3 aromatic rings.